The third-order valence-electron chi connectivity index (χ3n) is 3.81. The van der Waals surface area contributed by atoms with Gasteiger partial charge in [-0.25, -0.2) is 0 Å². The number of hydrogen-bond donors (Lipinski definition) is 2. The molecule has 0 amide bonds. The minimum atomic E-state index is 0. The van der Waals surface area contributed by atoms with Crippen LogP contribution in [0.15, 0.2) is 4.99 Å². The molecule has 0 heterocycles. The molecule has 5 nitrogen and oxygen atoms in total. The smallest absolute Gasteiger partial charge is 0.191 e. The first-order chi connectivity index (χ1) is 10.2. The van der Waals surface area contributed by atoms with Gasteiger partial charge in [-0.15, -0.1) is 24.0 Å². The zero-order valence-electron chi connectivity index (χ0n) is 14.7. The Morgan fingerprint density at radius 2 is 1.91 bits per heavy atom. The van der Waals surface area contributed by atoms with Crippen molar-refractivity contribution in [1.29, 1.82) is 0 Å². The number of aliphatic imine (C=N–C) groups is 1. The Hall–Kier alpha value is -0.0800. The minimum absolute atomic E-state index is 0. The third kappa shape index (κ3) is 10.6. The fourth-order valence-corrected chi connectivity index (χ4v) is 2.38. The van der Waals surface area contributed by atoms with Crippen LogP contribution in [0.1, 0.15) is 39.5 Å². The summed E-state index contributed by atoms with van der Waals surface area (Å²) in [5.74, 6) is 1.69. The zero-order chi connectivity index (χ0) is 15.5. The quantitative estimate of drug-likeness (QED) is 0.231. The number of hydrogen-bond acceptors (Lipinski definition) is 3. The van der Waals surface area contributed by atoms with Gasteiger partial charge in [0.25, 0.3) is 0 Å². The van der Waals surface area contributed by atoms with Gasteiger partial charge >= 0.3 is 0 Å². The first-order valence-corrected chi connectivity index (χ1v) is 8.34. The monoisotopic (exact) mass is 426 g/mol. The van der Waals surface area contributed by atoms with Gasteiger partial charge in [0, 0.05) is 46.4 Å². The lowest BCUT2D eigenvalue weighted by atomic mass is 10.1. The SMILES string of the molecule is CN=C(NCCCC(C)C)NCCN(CCOC)C1CC1.I. The second-order valence-electron chi connectivity index (χ2n) is 6.22. The summed E-state index contributed by atoms with van der Waals surface area (Å²) in [6.45, 7) is 9.36. The van der Waals surface area contributed by atoms with Crippen molar-refractivity contribution in [3.05, 3.63) is 0 Å². The molecule has 1 saturated carbocycles. The number of halogens is 1. The summed E-state index contributed by atoms with van der Waals surface area (Å²) in [5.41, 5.74) is 0. The van der Waals surface area contributed by atoms with E-state index < -0.39 is 0 Å². The van der Waals surface area contributed by atoms with Gasteiger partial charge in [0.05, 0.1) is 6.61 Å². The van der Waals surface area contributed by atoms with Crippen molar-refractivity contribution in [1.82, 2.24) is 15.5 Å². The average Bonchev–Trinajstić information content (AvgIpc) is 3.29. The average molecular weight is 426 g/mol. The summed E-state index contributed by atoms with van der Waals surface area (Å²) in [5, 5.41) is 6.79. The summed E-state index contributed by atoms with van der Waals surface area (Å²) in [4.78, 5) is 6.79. The molecule has 0 unspecified atom stereocenters. The van der Waals surface area contributed by atoms with Crippen LogP contribution in [0, 0.1) is 5.92 Å². The van der Waals surface area contributed by atoms with Crippen molar-refractivity contribution < 1.29 is 4.74 Å². The molecule has 0 radical (unpaired) electrons. The van der Waals surface area contributed by atoms with Gasteiger partial charge < -0.3 is 15.4 Å². The van der Waals surface area contributed by atoms with Crippen molar-refractivity contribution in [3.8, 4) is 0 Å². The molecule has 1 fully saturated rings. The third-order valence-corrected chi connectivity index (χ3v) is 3.81. The molecule has 0 bridgehead atoms. The molecular formula is C16H35IN4O. The molecule has 0 aromatic carbocycles. The lowest BCUT2D eigenvalue weighted by Crippen LogP contribution is -2.43. The summed E-state index contributed by atoms with van der Waals surface area (Å²) in [7, 11) is 3.60. The predicted octanol–water partition coefficient (Wildman–Crippen LogP) is 2.32. The number of rotatable bonds is 11. The minimum Gasteiger partial charge on any atom is -0.383 e. The fourth-order valence-electron chi connectivity index (χ4n) is 2.38. The second kappa shape index (κ2) is 13.4. The Labute approximate surface area is 153 Å². The van der Waals surface area contributed by atoms with Crippen LogP contribution in [0.4, 0.5) is 0 Å². The van der Waals surface area contributed by atoms with E-state index in [9.17, 15) is 0 Å². The van der Waals surface area contributed by atoms with Crippen molar-refractivity contribution in [3.63, 3.8) is 0 Å². The van der Waals surface area contributed by atoms with E-state index in [0.717, 1.165) is 50.7 Å². The molecule has 0 aliphatic heterocycles. The lowest BCUT2D eigenvalue weighted by Gasteiger charge is -2.22. The van der Waals surface area contributed by atoms with E-state index in [1.165, 1.54) is 25.7 Å². The van der Waals surface area contributed by atoms with Crippen LogP contribution < -0.4 is 10.6 Å². The van der Waals surface area contributed by atoms with Crippen LogP contribution in [0.2, 0.25) is 0 Å². The van der Waals surface area contributed by atoms with Crippen LogP contribution in [-0.2, 0) is 4.74 Å². The van der Waals surface area contributed by atoms with Gasteiger partial charge in [-0.2, -0.15) is 0 Å². The maximum absolute atomic E-state index is 5.19. The van der Waals surface area contributed by atoms with E-state index in [4.69, 9.17) is 4.74 Å². The number of guanidine groups is 1. The first kappa shape index (κ1) is 21.9. The van der Waals surface area contributed by atoms with Crippen LogP contribution in [0.25, 0.3) is 0 Å². The highest BCUT2D eigenvalue weighted by atomic mass is 127. The molecule has 0 atom stereocenters. The topological polar surface area (TPSA) is 48.9 Å². The van der Waals surface area contributed by atoms with Crippen LogP contribution >= 0.6 is 24.0 Å². The molecule has 22 heavy (non-hydrogen) atoms. The van der Waals surface area contributed by atoms with Crippen molar-refractivity contribution in [2.24, 2.45) is 10.9 Å². The molecule has 0 spiro atoms. The van der Waals surface area contributed by atoms with E-state index in [1.807, 2.05) is 7.05 Å². The summed E-state index contributed by atoms with van der Waals surface area (Å²) >= 11 is 0. The number of nitrogens with one attached hydrogen (secondary N) is 2. The molecule has 1 aliphatic carbocycles. The zero-order valence-corrected chi connectivity index (χ0v) is 17.1. The normalized spacial score (nSPS) is 15.1. The Kier molecular flexibility index (Phi) is 13.3. The Morgan fingerprint density at radius 1 is 1.23 bits per heavy atom. The van der Waals surface area contributed by atoms with Gasteiger partial charge in [0.1, 0.15) is 0 Å². The molecule has 0 aromatic rings. The van der Waals surface area contributed by atoms with Gasteiger partial charge in [-0.3, -0.25) is 9.89 Å². The van der Waals surface area contributed by atoms with Crippen LogP contribution in [-0.4, -0.2) is 63.8 Å². The largest absolute Gasteiger partial charge is 0.383 e. The van der Waals surface area contributed by atoms with Gasteiger partial charge in [-0.05, 0) is 31.6 Å². The predicted molar refractivity (Wildman–Crippen MR) is 105 cm³/mol. The van der Waals surface area contributed by atoms with Crippen LogP contribution in [0.3, 0.4) is 0 Å². The standard InChI is InChI=1S/C16H34N4O.HI/c1-14(2)6-5-9-18-16(17-3)19-10-11-20(12-13-21-4)15-7-8-15;/h14-15H,5-13H2,1-4H3,(H2,17,18,19);1H. The molecule has 2 N–H and O–H groups in total. The van der Waals surface area contributed by atoms with E-state index in [2.05, 4.69) is 34.4 Å². The Morgan fingerprint density at radius 3 is 2.45 bits per heavy atom. The second-order valence-corrected chi connectivity index (χ2v) is 6.22. The van der Waals surface area contributed by atoms with Gasteiger partial charge in [-0.1, -0.05) is 13.8 Å². The van der Waals surface area contributed by atoms with Crippen molar-refractivity contribution in [2.75, 3.05) is 46.9 Å². The highest BCUT2D eigenvalue weighted by molar-refractivity contribution is 14.0. The molecule has 1 aliphatic rings. The molecule has 132 valence electrons. The Balaban J connectivity index is 0.00000441. The first-order valence-electron chi connectivity index (χ1n) is 8.34. The summed E-state index contributed by atoms with van der Waals surface area (Å²) < 4.78 is 5.19. The fraction of sp³-hybridized carbons (Fsp3) is 0.938. The maximum atomic E-state index is 5.19. The number of ether oxygens (including phenoxy) is 1. The van der Waals surface area contributed by atoms with Gasteiger partial charge in [0.2, 0.25) is 0 Å². The highest BCUT2D eigenvalue weighted by Gasteiger charge is 2.28. The molecule has 0 aromatic heterocycles. The number of nitrogens with zero attached hydrogens (tertiary/aromatic N) is 2. The summed E-state index contributed by atoms with van der Waals surface area (Å²) in [6, 6.07) is 0.781. The van der Waals surface area contributed by atoms with E-state index in [1.54, 1.807) is 7.11 Å². The molecule has 1 rings (SSSR count). The molecule has 0 saturated heterocycles. The van der Waals surface area contributed by atoms with Crippen molar-refractivity contribution >= 4 is 29.9 Å². The van der Waals surface area contributed by atoms with E-state index in [0.29, 0.717) is 0 Å². The van der Waals surface area contributed by atoms with E-state index in [-0.39, 0.29) is 24.0 Å². The highest BCUT2D eigenvalue weighted by Crippen LogP contribution is 2.25. The van der Waals surface area contributed by atoms with Crippen molar-refractivity contribution in [2.45, 2.75) is 45.6 Å². The lowest BCUT2D eigenvalue weighted by molar-refractivity contribution is 0.144. The maximum Gasteiger partial charge on any atom is 0.191 e. The molecule has 6 heteroatoms. The number of methoxy groups -OCH3 is 1. The molecular weight excluding hydrogens is 391 g/mol. The Bertz CT molecular complexity index is 296. The van der Waals surface area contributed by atoms with E-state index >= 15 is 0 Å². The van der Waals surface area contributed by atoms with Crippen LogP contribution in [0.5, 0.6) is 0 Å². The van der Waals surface area contributed by atoms with Gasteiger partial charge in [0.15, 0.2) is 5.96 Å². The summed E-state index contributed by atoms with van der Waals surface area (Å²) in [6.07, 6.45) is 5.13.